The Morgan fingerprint density at radius 2 is 2.19 bits per heavy atom. The average Bonchev–Trinajstić information content (AvgIpc) is 3.01. The second kappa shape index (κ2) is 5.70. The molecule has 0 saturated heterocycles. The van der Waals surface area contributed by atoms with Crippen LogP contribution in [-0.2, 0) is 0 Å². The van der Waals surface area contributed by atoms with Crippen molar-refractivity contribution >= 4 is 5.91 Å². The molecule has 1 amide bonds. The maximum atomic E-state index is 12.1. The molecule has 0 spiro atoms. The zero-order valence-corrected chi connectivity index (χ0v) is 11.4. The second-order valence-electron chi connectivity index (χ2n) is 4.52. The molecule has 1 aliphatic heterocycles. The maximum absolute atomic E-state index is 12.1. The zero-order chi connectivity index (χ0) is 14.7. The van der Waals surface area contributed by atoms with Crippen molar-refractivity contribution in [2.45, 2.75) is 0 Å². The largest absolute Gasteiger partial charge is 0.486 e. The maximum Gasteiger partial charge on any atom is 0.255 e. The van der Waals surface area contributed by atoms with Crippen molar-refractivity contribution in [1.29, 1.82) is 0 Å². The first-order valence-electron chi connectivity index (χ1n) is 6.62. The molecule has 108 valence electrons. The van der Waals surface area contributed by atoms with E-state index >= 15 is 0 Å². The van der Waals surface area contributed by atoms with E-state index in [4.69, 9.17) is 9.47 Å². The minimum absolute atomic E-state index is 0.200. The molecule has 0 unspecified atom stereocenters. The van der Waals surface area contributed by atoms with Gasteiger partial charge in [-0.1, -0.05) is 6.08 Å². The highest BCUT2D eigenvalue weighted by Gasteiger charge is 2.18. The summed E-state index contributed by atoms with van der Waals surface area (Å²) >= 11 is 0. The van der Waals surface area contributed by atoms with Crippen molar-refractivity contribution in [2.24, 2.45) is 0 Å². The standard InChI is InChI=1S/C15H15N3O3/c1-2-5-16-15(19)11-9-17-18-14(11)10-3-4-12-13(8-10)21-7-6-20-12/h2-4,8-9H,1,5-7H2,(H,16,19)(H,17,18). The normalized spacial score (nSPS) is 12.8. The molecule has 0 aliphatic carbocycles. The van der Waals surface area contributed by atoms with Crippen LogP contribution in [0.4, 0.5) is 0 Å². The Balaban J connectivity index is 1.92. The number of amides is 1. The summed E-state index contributed by atoms with van der Waals surface area (Å²) in [5, 5.41) is 9.54. The van der Waals surface area contributed by atoms with Crippen LogP contribution in [0.2, 0.25) is 0 Å². The van der Waals surface area contributed by atoms with Gasteiger partial charge in [-0.2, -0.15) is 5.10 Å². The number of H-pyrrole nitrogens is 1. The molecule has 21 heavy (non-hydrogen) atoms. The van der Waals surface area contributed by atoms with Crippen LogP contribution in [0.3, 0.4) is 0 Å². The fourth-order valence-electron chi connectivity index (χ4n) is 2.14. The predicted octanol–water partition coefficient (Wildman–Crippen LogP) is 1.76. The summed E-state index contributed by atoms with van der Waals surface area (Å²) in [7, 11) is 0. The van der Waals surface area contributed by atoms with Crippen LogP contribution in [-0.4, -0.2) is 35.9 Å². The lowest BCUT2D eigenvalue weighted by Gasteiger charge is -2.18. The van der Waals surface area contributed by atoms with Crippen molar-refractivity contribution in [1.82, 2.24) is 15.5 Å². The first kappa shape index (κ1) is 13.2. The van der Waals surface area contributed by atoms with E-state index < -0.39 is 0 Å². The first-order chi connectivity index (χ1) is 10.3. The molecule has 6 nitrogen and oxygen atoms in total. The molecule has 2 heterocycles. The van der Waals surface area contributed by atoms with E-state index in [0.29, 0.717) is 42.5 Å². The summed E-state index contributed by atoms with van der Waals surface area (Å²) in [4.78, 5) is 12.1. The Labute approximate surface area is 121 Å². The summed E-state index contributed by atoms with van der Waals surface area (Å²) < 4.78 is 11.0. The van der Waals surface area contributed by atoms with Crippen LogP contribution >= 0.6 is 0 Å². The van der Waals surface area contributed by atoms with Crippen molar-refractivity contribution in [3.63, 3.8) is 0 Å². The fourth-order valence-corrected chi connectivity index (χ4v) is 2.14. The molecule has 3 rings (SSSR count). The second-order valence-corrected chi connectivity index (χ2v) is 4.52. The van der Waals surface area contributed by atoms with Crippen molar-refractivity contribution in [3.05, 3.63) is 42.6 Å². The van der Waals surface area contributed by atoms with Gasteiger partial charge in [0.15, 0.2) is 11.5 Å². The van der Waals surface area contributed by atoms with Gasteiger partial charge >= 0.3 is 0 Å². The van der Waals surface area contributed by atoms with Gasteiger partial charge in [0.05, 0.1) is 17.5 Å². The third-order valence-corrected chi connectivity index (χ3v) is 3.12. The van der Waals surface area contributed by atoms with Crippen LogP contribution in [0.1, 0.15) is 10.4 Å². The number of fused-ring (bicyclic) bond motifs is 1. The Morgan fingerprint density at radius 1 is 1.38 bits per heavy atom. The minimum Gasteiger partial charge on any atom is -0.486 e. The number of rotatable bonds is 4. The third kappa shape index (κ3) is 2.60. The third-order valence-electron chi connectivity index (χ3n) is 3.12. The van der Waals surface area contributed by atoms with Crippen LogP contribution in [0.5, 0.6) is 11.5 Å². The van der Waals surface area contributed by atoms with Crippen LogP contribution in [0, 0.1) is 0 Å². The van der Waals surface area contributed by atoms with Gasteiger partial charge < -0.3 is 14.8 Å². The molecule has 1 aromatic carbocycles. The average molecular weight is 285 g/mol. The Kier molecular flexibility index (Phi) is 3.59. The molecule has 0 radical (unpaired) electrons. The van der Waals surface area contributed by atoms with Gasteiger partial charge in [0.2, 0.25) is 0 Å². The highest BCUT2D eigenvalue weighted by molar-refractivity contribution is 5.99. The van der Waals surface area contributed by atoms with Gasteiger partial charge in [0.1, 0.15) is 13.2 Å². The summed E-state index contributed by atoms with van der Waals surface area (Å²) in [5.74, 6) is 1.18. The lowest BCUT2D eigenvalue weighted by molar-refractivity contribution is 0.0958. The Morgan fingerprint density at radius 3 is 3.00 bits per heavy atom. The molecule has 2 aromatic rings. The number of carbonyl (C=O) groups excluding carboxylic acids is 1. The first-order valence-corrected chi connectivity index (χ1v) is 6.62. The number of hydrogen-bond acceptors (Lipinski definition) is 4. The molecular formula is C15H15N3O3. The Bertz CT molecular complexity index is 679. The van der Waals surface area contributed by atoms with E-state index in [9.17, 15) is 4.79 Å². The van der Waals surface area contributed by atoms with Crippen molar-refractivity contribution < 1.29 is 14.3 Å². The fraction of sp³-hybridized carbons (Fsp3) is 0.200. The molecule has 6 heteroatoms. The quantitative estimate of drug-likeness (QED) is 0.839. The number of carbonyl (C=O) groups is 1. The topological polar surface area (TPSA) is 76.2 Å². The van der Waals surface area contributed by atoms with Gasteiger partial charge in [-0.15, -0.1) is 6.58 Å². The molecule has 2 N–H and O–H groups in total. The molecule has 0 fully saturated rings. The molecular weight excluding hydrogens is 270 g/mol. The highest BCUT2D eigenvalue weighted by atomic mass is 16.6. The molecule has 1 aromatic heterocycles. The highest BCUT2D eigenvalue weighted by Crippen LogP contribution is 2.34. The van der Waals surface area contributed by atoms with Crippen molar-refractivity contribution in [3.8, 4) is 22.8 Å². The summed E-state index contributed by atoms with van der Waals surface area (Å²) in [6, 6.07) is 5.54. The van der Waals surface area contributed by atoms with Gasteiger partial charge in [0, 0.05) is 12.1 Å². The van der Waals surface area contributed by atoms with Gasteiger partial charge in [-0.05, 0) is 18.2 Å². The number of aromatic amines is 1. The minimum atomic E-state index is -0.200. The van der Waals surface area contributed by atoms with Crippen LogP contribution < -0.4 is 14.8 Å². The number of hydrogen-bond donors (Lipinski definition) is 2. The van der Waals surface area contributed by atoms with Gasteiger partial charge in [-0.25, -0.2) is 0 Å². The molecule has 0 saturated carbocycles. The lowest BCUT2D eigenvalue weighted by atomic mass is 10.1. The summed E-state index contributed by atoms with van der Waals surface area (Å²) in [6.45, 7) is 5.05. The molecule has 0 atom stereocenters. The lowest BCUT2D eigenvalue weighted by Crippen LogP contribution is -2.23. The number of benzene rings is 1. The summed E-state index contributed by atoms with van der Waals surface area (Å²) in [6.07, 6.45) is 3.13. The zero-order valence-electron chi connectivity index (χ0n) is 11.4. The Hall–Kier alpha value is -2.76. The van der Waals surface area contributed by atoms with Gasteiger partial charge in [0.25, 0.3) is 5.91 Å². The molecule has 0 bridgehead atoms. The number of ether oxygens (including phenoxy) is 2. The van der Waals surface area contributed by atoms with Crippen LogP contribution in [0.15, 0.2) is 37.1 Å². The van der Waals surface area contributed by atoms with E-state index in [1.807, 2.05) is 18.2 Å². The van der Waals surface area contributed by atoms with E-state index in [1.165, 1.54) is 6.20 Å². The smallest absolute Gasteiger partial charge is 0.255 e. The SMILES string of the molecule is C=CCNC(=O)c1cn[nH]c1-c1ccc2c(c1)OCCO2. The number of nitrogens with one attached hydrogen (secondary N) is 2. The van der Waals surface area contributed by atoms with Crippen LogP contribution in [0.25, 0.3) is 11.3 Å². The van der Waals surface area contributed by atoms with E-state index in [1.54, 1.807) is 6.08 Å². The van der Waals surface area contributed by atoms with Gasteiger partial charge in [-0.3, -0.25) is 9.89 Å². The number of nitrogens with zero attached hydrogens (tertiary/aromatic N) is 1. The molecule has 1 aliphatic rings. The number of aromatic nitrogens is 2. The van der Waals surface area contributed by atoms with Crippen molar-refractivity contribution in [2.75, 3.05) is 19.8 Å². The predicted molar refractivity (Wildman–Crippen MR) is 77.5 cm³/mol. The van der Waals surface area contributed by atoms with E-state index in [-0.39, 0.29) is 5.91 Å². The van der Waals surface area contributed by atoms with E-state index in [0.717, 1.165) is 5.56 Å². The summed E-state index contributed by atoms with van der Waals surface area (Å²) in [5.41, 5.74) is 1.95. The monoisotopic (exact) mass is 285 g/mol. The van der Waals surface area contributed by atoms with E-state index in [2.05, 4.69) is 22.1 Å².